The van der Waals surface area contributed by atoms with Crippen LogP contribution in [-0.4, -0.2) is 65.4 Å². The number of ether oxygens (including phenoxy) is 1. The molecule has 2 amide bonds. The number of hydrogen-bond donors (Lipinski definition) is 3. The van der Waals surface area contributed by atoms with Gasteiger partial charge in [-0.2, -0.15) is 0 Å². The van der Waals surface area contributed by atoms with E-state index in [1.807, 2.05) is 6.92 Å². The Labute approximate surface area is 110 Å². The molecule has 3 N–H and O–H groups in total. The van der Waals surface area contributed by atoms with Crippen molar-refractivity contribution in [2.75, 3.05) is 26.2 Å². The van der Waals surface area contributed by atoms with Crippen LogP contribution in [0, 0.1) is 5.92 Å². The topological polar surface area (TPSA) is 116 Å². The molecule has 1 rings (SSSR count). The Morgan fingerprint density at radius 2 is 1.84 bits per heavy atom. The van der Waals surface area contributed by atoms with Crippen LogP contribution in [0.1, 0.15) is 13.3 Å². The van der Waals surface area contributed by atoms with Gasteiger partial charge in [-0.3, -0.25) is 9.59 Å². The second kappa shape index (κ2) is 6.93. The summed E-state index contributed by atoms with van der Waals surface area (Å²) in [6.07, 6.45) is 0.854. The van der Waals surface area contributed by atoms with Gasteiger partial charge in [0, 0.05) is 19.1 Å². The van der Waals surface area contributed by atoms with Gasteiger partial charge in [-0.15, -0.1) is 0 Å². The highest BCUT2D eigenvalue weighted by Gasteiger charge is 2.26. The molecule has 1 aliphatic rings. The number of urea groups is 1. The number of carbonyl (C=O) groups excluding carboxylic acids is 1. The first-order valence-electron chi connectivity index (χ1n) is 5.98. The molecule has 19 heavy (non-hydrogen) atoms. The lowest BCUT2D eigenvalue weighted by Gasteiger charge is -2.21. The highest BCUT2D eigenvalue weighted by atomic mass is 16.5. The van der Waals surface area contributed by atoms with Crippen LogP contribution in [0.4, 0.5) is 4.79 Å². The van der Waals surface area contributed by atoms with Crippen LogP contribution in [0.15, 0.2) is 0 Å². The zero-order valence-corrected chi connectivity index (χ0v) is 10.7. The maximum Gasteiger partial charge on any atom is 0.323 e. The summed E-state index contributed by atoms with van der Waals surface area (Å²) >= 11 is 0. The van der Waals surface area contributed by atoms with Crippen LogP contribution in [-0.2, 0) is 14.3 Å². The fraction of sp³-hybridized carbons (Fsp3) is 0.727. The summed E-state index contributed by atoms with van der Waals surface area (Å²) in [5, 5.41) is 19.8. The first kappa shape index (κ1) is 15.2. The van der Waals surface area contributed by atoms with Crippen molar-refractivity contribution in [3.05, 3.63) is 0 Å². The third-order valence-corrected chi connectivity index (χ3v) is 2.99. The molecular formula is C11H18N2O6. The van der Waals surface area contributed by atoms with Crippen LogP contribution in [0.2, 0.25) is 0 Å². The minimum atomic E-state index is -1.26. The largest absolute Gasteiger partial charge is 0.480 e. The van der Waals surface area contributed by atoms with Gasteiger partial charge < -0.3 is 25.2 Å². The number of rotatable bonds is 6. The van der Waals surface area contributed by atoms with Gasteiger partial charge in [0.15, 0.2) is 0 Å². The number of aliphatic carboxylic acids is 2. The van der Waals surface area contributed by atoms with Gasteiger partial charge >= 0.3 is 18.0 Å². The molecule has 1 saturated heterocycles. The van der Waals surface area contributed by atoms with Crippen molar-refractivity contribution in [1.82, 2.24) is 10.2 Å². The quantitative estimate of drug-likeness (QED) is 0.606. The first-order chi connectivity index (χ1) is 8.90. The van der Waals surface area contributed by atoms with Gasteiger partial charge in [0.05, 0.1) is 6.10 Å². The van der Waals surface area contributed by atoms with Crippen LogP contribution < -0.4 is 5.32 Å². The molecule has 0 bridgehead atoms. The smallest absolute Gasteiger partial charge is 0.323 e. The molecule has 8 heteroatoms. The number of hydrogen-bond acceptors (Lipinski definition) is 4. The van der Waals surface area contributed by atoms with Crippen molar-refractivity contribution < 1.29 is 29.3 Å². The van der Waals surface area contributed by atoms with Crippen molar-refractivity contribution in [2.45, 2.75) is 19.4 Å². The maximum absolute atomic E-state index is 11.7. The Morgan fingerprint density at radius 3 is 2.26 bits per heavy atom. The van der Waals surface area contributed by atoms with Crippen LogP contribution >= 0.6 is 0 Å². The molecule has 0 aromatic rings. The number of carboxylic acid groups (broad SMARTS) is 2. The third-order valence-electron chi connectivity index (χ3n) is 2.99. The molecule has 0 saturated carbocycles. The minimum absolute atomic E-state index is 0.0349. The molecule has 0 aromatic heterocycles. The first-order valence-corrected chi connectivity index (χ1v) is 5.98. The van der Waals surface area contributed by atoms with E-state index in [0.717, 1.165) is 11.3 Å². The highest BCUT2D eigenvalue weighted by Crippen LogP contribution is 2.19. The van der Waals surface area contributed by atoms with E-state index in [4.69, 9.17) is 14.9 Å². The highest BCUT2D eigenvalue weighted by molar-refractivity contribution is 5.84. The number of amides is 2. The minimum Gasteiger partial charge on any atom is -0.480 e. The van der Waals surface area contributed by atoms with E-state index in [2.05, 4.69) is 5.32 Å². The summed E-state index contributed by atoms with van der Waals surface area (Å²) < 4.78 is 5.33. The van der Waals surface area contributed by atoms with Gasteiger partial charge in [0.1, 0.15) is 13.1 Å². The molecule has 0 radical (unpaired) electrons. The third kappa shape index (κ3) is 5.12. The summed E-state index contributed by atoms with van der Waals surface area (Å²) in [5.74, 6) is -2.34. The Kier molecular flexibility index (Phi) is 5.56. The second-order valence-electron chi connectivity index (χ2n) is 4.45. The van der Waals surface area contributed by atoms with Gasteiger partial charge in [0.2, 0.25) is 0 Å². The zero-order valence-electron chi connectivity index (χ0n) is 10.7. The molecule has 1 aliphatic heterocycles. The standard InChI is InChI=1S/C11H18N2O6/c1-7-8(2-3-19-7)4-12-11(18)13(5-9(14)15)6-10(16)17/h7-8H,2-6H2,1H3,(H,12,18)(H,14,15)(H,16,17). The van der Waals surface area contributed by atoms with E-state index in [1.54, 1.807) is 0 Å². The van der Waals surface area contributed by atoms with Gasteiger partial charge in [-0.1, -0.05) is 0 Å². The molecule has 0 aliphatic carbocycles. The Hall–Kier alpha value is -1.83. The second-order valence-corrected chi connectivity index (χ2v) is 4.45. The average molecular weight is 274 g/mol. The van der Waals surface area contributed by atoms with Crippen molar-refractivity contribution in [1.29, 1.82) is 0 Å². The molecule has 0 aromatic carbocycles. The lowest BCUT2D eigenvalue weighted by atomic mass is 10.0. The Balaban J connectivity index is 2.46. The predicted octanol–water partition coefficient (Wildman–Crippen LogP) is -0.408. The average Bonchev–Trinajstić information content (AvgIpc) is 2.69. The predicted molar refractivity (Wildman–Crippen MR) is 63.8 cm³/mol. The van der Waals surface area contributed by atoms with Gasteiger partial charge in [0.25, 0.3) is 0 Å². The maximum atomic E-state index is 11.7. The molecule has 2 atom stereocenters. The van der Waals surface area contributed by atoms with Crippen LogP contribution in [0.5, 0.6) is 0 Å². The zero-order chi connectivity index (χ0) is 14.4. The Bertz CT molecular complexity index is 343. The summed E-state index contributed by atoms with van der Waals surface area (Å²) in [6.45, 7) is 1.59. The lowest BCUT2D eigenvalue weighted by Crippen LogP contribution is -2.46. The molecule has 8 nitrogen and oxygen atoms in total. The molecular weight excluding hydrogens is 256 g/mol. The van der Waals surface area contributed by atoms with E-state index >= 15 is 0 Å². The number of nitrogens with zero attached hydrogens (tertiary/aromatic N) is 1. The molecule has 2 unspecified atom stereocenters. The molecule has 1 heterocycles. The number of carboxylic acids is 2. The van der Waals surface area contributed by atoms with E-state index in [9.17, 15) is 14.4 Å². The van der Waals surface area contributed by atoms with Gasteiger partial charge in [-0.25, -0.2) is 4.79 Å². The Morgan fingerprint density at radius 1 is 1.26 bits per heavy atom. The van der Waals surface area contributed by atoms with Gasteiger partial charge in [-0.05, 0) is 13.3 Å². The molecule has 0 spiro atoms. The van der Waals surface area contributed by atoms with E-state index in [0.29, 0.717) is 13.2 Å². The summed E-state index contributed by atoms with van der Waals surface area (Å²) in [5.41, 5.74) is 0. The SMILES string of the molecule is CC1OCCC1CNC(=O)N(CC(=O)O)CC(=O)O. The number of carbonyl (C=O) groups is 3. The fourth-order valence-electron chi connectivity index (χ4n) is 1.90. The van der Waals surface area contributed by atoms with Crippen molar-refractivity contribution in [3.63, 3.8) is 0 Å². The fourth-order valence-corrected chi connectivity index (χ4v) is 1.90. The van der Waals surface area contributed by atoms with Crippen molar-refractivity contribution in [2.24, 2.45) is 5.92 Å². The molecule has 1 fully saturated rings. The van der Waals surface area contributed by atoms with E-state index in [-0.39, 0.29) is 12.0 Å². The van der Waals surface area contributed by atoms with Crippen LogP contribution in [0.3, 0.4) is 0 Å². The monoisotopic (exact) mass is 274 g/mol. The number of nitrogens with one attached hydrogen (secondary N) is 1. The van der Waals surface area contributed by atoms with Crippen molar-refractivity contribution in [3.8, 4) is 0 Å². The van der Waals surface area contributed by atoms with Crippen LogP contribution in [0.25, 0.3) is 0 Å². The van der Waals surface area contributed by atoms with E-state index in [1.165, 1.54) is 0 Å². The summed E-state index contributed by atoms with van der Waals surface area (Å²) in [4.78, 5) is 33.6. The van der Waals surface area contributed by atoms with E-state index < -0.39 is 31.1 Å². The molecule has 108 valence electrons. The summed E-state index contributed by atoms with van der Waals surface area (Å²) in [7, 11) is 0. The van der Waals surface area contributed by atoms with Crippen molar-refractivity contribution >= 4 is 18.0 Å². The summed E-state index contributed by atoms with van der Waals surface area (Å²) in [6, 6.07) is -0.691. The normalized spacial score (nSPS) is 21.9. The lowest BCUT2D eigenvalue weighted by molar-refractivity contribution is -0.140.